The molecule has 0 spiro atoms. The first-order valence-corrected chi connectivity index (χ1v) is 4.01. The van der Waals surface area contributed by atoms with Gasteiger partial charge in [0.25, 0.3) is 0 Å². The van der Waals surface area contributed by atoms with Crippen LogP contribution in [0.3, 0.4) is 0 Å². The number of hydrogen-bond donors (Lipinski definition) is 3. The molecule has 0 aromatic rings. The van der Waals surface area contributed by atoms with E-state index in [1.165, 1.54) is 10.4 Å². The van der Waals surface area contributed by atoms with Crippen LogP contribution in [0.4, 0.5) is 5.69 Å². The molecular weight excluding hydrogens is 156 g/mol. The molecule has 2 aliphatic carbocycles. The van der Waals surface area contributed by atoms with E-state index in [1.807, 2.05) is 19.1 Å². The van der Waals surface area contributed by atoms with Crippen molar-refractivity contribution in [1.82, 2.24) is 4.72 Å². The van der Waals surface area contributed by atoms with Crippen LogP contribution in [0, 0.1) is 10.4 Å². The lowest BCUT2D eigenvalue weighted by Crippen LogP contribution is -1.95. The molecule has 0 heterocycles. The highest BCUT2D eigenvalue weighted by Gasteiger charge is 1.98. The monoisotopic (exact) mass is 168 g/mol. The van der Waals surface area contributed by atoms with Crippen LogP contribution >= 0.6 is 12.8 Å². The van der Waals surface area contributed by atoms with Gasteiger partial charge in [-0.05, 0) is 11.3 Å². The summed E-state index contributed by atoms with van der Waals surface area (Å²) < 4.78 is 2.62. The van der Waals surface area contributed by atoms with E-state index >= 15 is 0 Å². The summed E-state index contributed by atoms with van der Waals surface area (Å²) in [5, 5.41) is 2.57. The third-order valence-electron chi connectivity index (χ3n) is 1.52. The van der Waals surface area contributed by atoms with Crippen molar-refractivity contribution < 1.29 is 0 Å². The molecule has 0 aliphatic heterocycles. The lowest BCUT2D eigenvalue weighted by molar-refractivity contribution is 1.04. The Bertz CT molecular complexity index is 319. The number of thiol groups is 1. The third-order valence-corrected chi connectivity index (χ3v) is 1.84. The van der Waals surface area contributed by atoms with Gasteiger partial charge in [-0.2, -0.15) is 0 Å². The molecule has 2 aliphatic rings. The van der Waals surface area contributed by atoms with Gasteiger partial charge in [0.1, 0.15) is 0 Å². The summed E-state index contributed by atoms with van der Waals surface area (Å²) in [7, 11) is 0. The van der Waals surface area contributed by atoms with Crippen LogP contribution in [0.25, 0.3) is 0 Å². The molecule has 11 heavy (non-hydrogen) atoms. The molecule has 0 saturated carbocycles. The van der Waals surface area contributed by atoms with Crippen LogP contribution < -0.4 is 10.5 Å². The number of benzene rings is 1. The zero-order chi connectivity index (χ0) is 8.27. The predicted octanol–water partition coefficient (Wildman–Crippen LogP) is 1.31. The second-order valence-electron chi connectivity index (χ2n) is 2.31. The Morgan fingerprint density at radius 2 is 2.18 bits per heavy atom. The van der Waals surface area contributed by atoms with Crippen molar-refractivity contribution in [3.63, 3.8) is 0 Å². The molecule has 0 aromatic carbocycles. The molecule has 0 saturated heterocycles. The van der Waals surface area contributed by atoms with Crippen molar-refractivity contribution in [2.75, 3.05) is 12.3 Å². The van der Waals surface area contributed by atoms with E-state index < -0.39 is 0 Å². The molecule has 0 aromatic heterocycles. The van der Waals surface area contributed by atoms with Gasteiger partial charge in [0, 0.05) is 17.5 Å². The van der Waals surface area contributed by atoms with Gasteiger partial charge < -0.3 is 5.73 Å². The average Bonchev–Trinajstić information content (AvgIpc) is 2.00. The van der Waals surface area contributed by atoms with Crippen LogP contribution in [0.1, 0.15) is 6.92 Å². The van der Waals surface area contributed by atoms with Gasteiger partial charge in [0.05, 0.1) is 0 Å². The highest BCUT2D eigenvalue weighted by atomic mass is 32.1. The Balaban J connectivity index is 0.000000134. The maximum atomic E-state index is 5.42. The van der Waals surface area contributed by atoms with Crippen molar-refractivity contribution in [3.8, 4) is 0 Å². The number of anilines is 1. The smallest absolute Gasteiger partial charge is 0.0399 e. The standard InChI is InChI=1S/C6H5N.C2H7NS/c7-6-3-4-1-2-5(4)6;1-2-3-4/h1-3H,7H2;3-4H,2H2,1H3. The van der Waals surface area contributed by atoms with Gasteiger partial charge in [-0.15, -0.1) is 0 Å². The number of rotatable bonds is 1. The maximum absolute atomic E-state index is 5.42. The first-order chi connectivity index (χ1) is 5.29. The van der Waals surface area contributed by atoms with E-state index in [1.54, 1.807) is 0 Å². The van der Waals surface area contributed by atoms with Crippen molar-refractivity contribution in [2.24, 2.45) is 0 Å². The fourth-order valence-electron chi connectivity index (χ4n) is 0.819. The minimum absolute atomic E-state index is 0.934. The molecule has 0 fully saturated rings. The molecule has 2 nitrogen and oxygen atoms in total. The fourth-order valence-corrected chi connectivity index (χ4v) is 0.819. The van der Waals surface area contributed by atoms with Gasteiger partial charge in [-0.3, -0.25) is 4.72 Å². The van der Waals surface area contributed by atoms with Crippen molar-refractivity contribution in [1.29, 1.82) is 0 Å². The maximum Gasteiger partial charge on any atom is 0.0399 e. The second kappa shape index (κ2) is 3.64. The minimum atomic E-state index is 0.934. The summed E-state index contributed by atoms with van der Waals surface area (Å²) in [4.78, 5) is 0. The topological polar surface area (TPSA) is 38.0 Å². The van der Waals surface area contributed by atoms with Gasteiger partial charge in [0.2, 0.25) is 0 Å². The average molecular weight is 168 g/mol. The zero-order valence-electron chi connectivity index (χ0n) is 6.46. The molecule has 0 radical (unpaired) electrons. The summed E-state index contributed by atoms with van der Waals surface area (Å²) in [6.45, 7) is 2.93. The highest BCUT2D eigenvalue weighted by Crippen LogP contribution is 2.16. The molecule has 60 valence electrons. The molecule has 0 atom stereocenters. The molecule has 3 heteroatoms. The van der Waals surface area contributed by atoms with Crippen LogP contribution in [0.5, 0.6) is 0 Å². The minimum Gasteiger partial charge on any atom is -0.398 e. The normalized spacial score (nSPS) is 10.0. The molecule has 2 rings (SSSR count). The zero-order valence-corrected chi connectivity index (χ0v) is 7.36. The van der Waals surface area contributed by atoms with E-state index in [-0.39, 0.29) is 0 Å². The first-order valence-electron chi connectivity index (χ1n) is 3.56. The van der Waals surface area contributed by atoms with E-state index in [9.17, 15) is 0 Å². The Labute approximate surface area is 71.7 Å². The van der Waals surface area contributed by atoms with Gasteiger partial charge >= 0.3 is 0 Å². The summed E-state index contributed by atoms with van der Waals surface area (Å²) in [5.41, 5.74) is 6.36. The number of nitrogen functional groups attached to an aromatic ring is 1. The van der Waals surface area contributed by atoms with Crippen molar-refractivity contribution in [2.45, 2.75) is 6.92 Å². The van der Waals surface area contributed by atoms with Gasteiger partial charge in [-0.1, -0.05) is 31.9 Å². The van der Waals surface area contributed by atoms with Crippen molar-refractivity contribution >= 4 is 18.5 Å². The SMILES string of the molecule is CCNS.Nc1cc2ccc1=2. The van der Waals surface area contributed by atoms with Gasteiger partial charge in [0.15, 0.2) is 0 Å². The van der Waals surface area contributed by atoms with Crippen LogP contribution in [0.2, 0.25) is 0 Å². The van der Waals surface area contributed by atoms with Crippen LogP contribution in [0.15, 0.2) is 18.2 Å². The molecule has 0 amide bonds. The molecule has 0 unspecified atom stereocenters. The van der Waals surface area contributed by atoms with E-state index in [0.29, 0.717) is 0 Å². The highest BCUT2D eigenvalue weighted by molar-refractivity contribution is 7.78. The summed E-state index contributed by atoms with van der Waals surface area (Å²) in [5.74, 6) is 0. The van der Waals surface area contributed by atoms with E-state index in [2.05, 4.69) is 23.6 Å². The summed E-state index contributed by atoms with van der Waals surface area (Å²) in [6, 6.07) is 6.08. The van der Waals surface area contributed by atoms with Crippen molar-refractivity contribution in [3.05, 3.63) is 28.6 Å². The van der Waals surface area contributed by atoms with Gasteiger partial charge in [-0.25, -0.2) is 0 Å². The Hall–Kier alpha value is -0.670. The third kappa shape index (κ3) is 1.67. The van der Waals surface area contributed by atoms with E-state index in [4.69, 9.17) is 5.73 Å². The first kappa shape index (κ1) is 8.43. The summed E-state index contributed by atoms with van der Waals surface area (Å²) >= 11 is 3.67. The number of nitrogens with one attached hydrogen (secondary N) is 1. The Morgan fingerprint density at radius 3 is 2.18 bits per heavy atom. The Morgan fingerprint density at radius 1 is 1.55 bits per heavy atom. The van der Waals surface area contributed by atoms with E-state index in [0.717, 1.165) is 12.2 Å². The Kier molecular flexibility index (Phi) is 2.79. The quantitative estimate of drug-likeness (QED) is 0.443. The van der Waals surface area contributed by atoms with Crippen LogP contribution in [-0.2, 0) is 0 Å². The molecule has 0 bridgehead atoms. The summed E-state index contributed by atoms with van der Waals surface area (Å²) in [6.07, 6.45) is 0. The molecule has 3 N–H and O–H groups in total. The number of nitrogens with two attached hydrogens (primary N) is 1. The second-order valence-corrected chi connectivity index (χ2v) is 2.63. The fraction of sp³-hybridized carbons (Fsp3) is 0.250. The molecular formula is C8H12N2S. The largest absolute Gasteiger partial charge is 0.398 e. The lowest BCUT2D eigenvalue weighted by Gasteiger charge is -2.03. The van der Waals surface area contributed by atoms with Crippen LogP contribution in [-0.4, -0.2) is 6.54 Å². The lowest BCUT2D eigenvalue weighted by atomic mass is 10.1. The number of hydrogen-bond acceptors (Lipinski definition) is 3. The predicted molar refractivity (Wildman–Crippen MR) is 51.2 cm³/mol.